The Morgan fingerprint density at radius 1 is 1.03 bits per heavy atom. The number of thioether (sulfide) groups is 1. The van der Waals surface area contributed by atoms with E-state index in [9.17, 15) is 9.59 Å². The number of nitrogens with one attached hydrogen (secondary N) is 2. The van der Waals surface area contributed by atoms with Crippen molar-refractivity contribution in [1.29, 1.82) is 0 Å². The number of hydrogen-bond acceptors (Lipinski definition) is 5. The summed E-state index contributed by atoms with van der Waals surface area (Å²) in [5, 5.41) is 5.88. The lowest BCUT2D eigenvalue weighted by Gasteiger charge is -2.23. The Bertz CT molecular complexity index is 844. The topological polar surface area (TPSA) is 76.7 Å². The lowest BCUT2D eigenvalue weighted by atomic mass is 10.1. The maximum Gasteiger partial charge on any atom is 0.251 e. The van der Waals surface area contributed by atoms with Gasteiger partial charge in [-0.15, -0.1) is 0 Å². The van der Waals surface area contributed by atoms with Gasteiger partial charge in [0.1, 0.15) is 19.3 Å². The zero-order valence-electron chi connectivity index (χ0n) is 16.6. The first-order valence-electron chi connectivity index (χ1n) is 9.63. The molecule has 1 heterocycles. The zero-order valence-corrected chi connectivity index (χ0v) is 17.5. The van der Waals surface area contributed by atoms with Crippen LogP contribution in [-0.4, -0.2) is 43.1 Å². The van der Waals surface area contributed by atoms with Gasteiger partial charge in [0.25, 0.3) is 5.91 Å². The Kier molecular flexibility index (Phi) is 7.41. The molecule has 154 valence electrons. The minimum Gasteiger partial charge on any atom is -0.486 e. The first-order valence-corrected chi connectivity index (χ1v) is 11.0. The average Bonchev–Trinajstić information content (AvgIpc) is 2.76. The van der Waals surface area contributed by atoms with E-state index in [1.54, 1.807) is 36.0 Å². The summed E-state index contributed by atoms with van der Waals surface area (Å²) < 4.78 is 11.2. The molecule has 2 atom stereocenters. The number of carbonyl (C=O) groups excluding carboxylic acids is 2. The third kappa shape index (κ3) is 5.67. The van der Waals surface area contributed by atoms with E-state index in [-0.39, 0.29) is 17.9 Å². The number of rotatable bonds is 8. The molecule has 0 aliphatic carbocycles. The van der Waals surface area contributed by atoms with Crippen LogP contribution in [0, 0.1) is 0 Å². The van der Waals surface area contributed by atoms with E-state index in [0.29, 0.717) is 36.7 Å². The second-order valence-electron chi connectivity index (χ2n) is 6.81. The summed E-state index contributed by atoms with van der Waals surface area (Å²) in [5.41, 5.74) is 1.45. The van der Waals surface area contributed by atoms with Gasteiger partial charge in [-0.2, -0.15) is 11.8 Å². The van der Waals surface area contributed by atoms with Crippen molar-refractivity contribution in [3.8, 4) is 11.5 Å². The van der Waals surface area contributed by atoms with Crippen molar-refractivity contribution >= 4 is 23.6 Å². The maximum atomic E-state index is 12.9. The molecule has 29 heavy (non-hydrogen) atoms. The van der Waals surface area contributed by atoms with Crippen LogP contribution >= 0.6 is 11.8 Å². The van der Waals surface area contributed by atoms with Crippen LogP contribution in [0.5, 0.6) is 11.5 Å². The van der Waals surface area contributed by atoms with Gasteiger partial charge in [-0.1, -0.05) is 24.3 Å². The third-order valence-corrected chi connectivity index (χ3v) is 5.34. The summed E-state index contributed by atoms with van der Waals surface area (Å²) in [4.78, 5) is 25.4. The number of amides is 2. The van der Waals surface area contributed by atoms with Crippen molar-refractivity contribution in [3.63, 3.8) is 0 Å². The van der Waals surface area contributed by atoms with Gasteiger partial charge in [0, 0.05) is 5.56 Å². The second-order valence-corrected chi connectivity index (χ2v) is 7.79. The highest BCUT2D eigenvalue weighted by atomic mass is 32.2. The molecular formula is C22H26N2O4S. The van der Waals surface area contributed by atoms with Gasteiger partial charge in [-0.3, -0.25) is 9.59 Å². The highest BCUT2D eigenvalue weighted by Gasteiger charge is 2.23. The largest absolute Gasteiger partial charge is 0.486 e. The van der Waals surface area contributed by atoms with E-state index in [0.717, 1.165) is 11.3 Å². The fourth-order valence-corrected chi connectivity index (χ4v) is 3.53. The molecule has 6 nitrogen and oxygen atoms in total. The molecule has 2 aromatic rings. The summed E-state index contributed by atoms with van der Waals surface area (Å²) >= 11 is 1.64. The highest BCUT2D eigenvalue weighted by molar-refractivity contribution is 7.98. The molecule has 0 bridgehead atoms. The molecule has 0 fully saturated rings. The van der Waals surface area contributed by atoms with Crippen molar-refractivity contribution in [1.82, 2.24) is 10.6 Å². The Balaban J connectivity index is 1.66. The quantitative estimate of drug-likeness (QED) is 0.694. The van der Waals surface area contributed by atoms with Gasteiger partial charge in [0.2, 0.25) is 5.91 Å². The summed E-state index contributed by atoms with van der Waals surface area (Å²) in [7, 11) is 0. The van der Waals surface area contributed by atoms with Crippen LogP contribution in [0.1, 0.15) is 35.3 Å². The Labute approximate surface area is 175 Å². The first-order chi connectivity index (χ1) is 14.1. The van der Waals surface area contributed by atoms with Crippen molar-refractivity contribution in [2.75, 3.05) is 25.2 Å². The van der Waals surface area contributed by atoms with E-state index in [1.165, 1.54) is 0 Å². The smallest absolute Gasteiger partial charge is 0.251 e. The predicted octanol–water partition coefficient (Wildman–Crippen LogP) is 3.19. The molecule has 1 aliphatic heterocycles. The van der Waals surface area contributed by atoms with Crippen molar-refractivity contribution in [2.24, 2.45) is 0 Å². The van der Waals surface area contributed by atoms with Crippen LogP contribution in [0.3, 0.4) is 0 Å². The van der Waals surface area contributed by atoms with E-state index in [4.69, 9.17) is 9.47 Å². The molecule has 0 aromatic heterocycles. The molecule has 7 heteroatoms. The van der Waals surface area contributed by atoms with Crippen LogP contribution in [0.4, 0.5) is 0 Å². The van der Waals surface area contributed by atoms with Gasteiger partial charge < -0.3 is 20.1 Å². The van der Waals surface area contributed by atoms with Gasteiger partial charge in [0.05, 0.1) is 6.04 Å². The van der Waals surface area contributed by atoms with E-state index in [1.807, 2.05) is 37.4 Å². The standard InChI is InChI=1S/C22H26N2O4S/c1-15(17-8-9-19-20(14-17)28-12-11-27-19)23-22(26)18(10-13-29-2)24-21(25)16-6-4-3-5-7-16/h3-9,14-15,18H,10-13H2,1-2H3,(H,23,26)(H,24,25)/t15-,18-/m1/s1. The molecule has 2 aromatic carbocycles. The number of carbonyl (C=O) groups is 2. The molecule has 2 N–H and O–H groups in total. The average molecular weight is 415 g/mol. The van der Waals surface area contributed by atoms with E-state index >= 15 is 0 Å². The van der Waals surface area contributed by atoms with Crippen LogP contribution in [0.2, 0.25) is 0 Å². The monoisotopic (exact) mass is 414 g/mol. The molecule has 0 saturated carbocycles. The lowest BCUT2D eigenvalue weighted by molar-refractivity contribution is -0.123. The Morgan fingerprint density at radius 3 is 2.48 bits per heavy atom. The number of ether oxygens (including phenoxy) is 2. The fraction of sp³-hybridized carbons (Fsp3) is 0.364. The number of benzene rings is 2. The van der Waals surface area contributed by atoms with Crippen molar-refractivity contribution < 1.29 is 19.1 Å². The van der Waals surface area contributed by atoms with Crippen LogP contribution < -0.4 is 20.1 Å². The Hall–Kier alpha value is -2.67. The highest BCUT2D eigenvalue weighted by Crippen LogP contribution is 2.32. The molecule has 0 spiro atoms. The fourth-order valence-electron chi connectivity index (χ4n) is 3.06. The molecule has 0 unspecified atom stereocenters. The Morgan fingerprint density at radius 2 is 1.76 bits per heavy atom. The minimum absolute atomic E-state index is 0.203. The molecule has 0 saturated heterocycles. The van der Waals surface area contributed by atoms with Crippen molar-refractivity contribution in [3.05, 3.63) is 59.7 Å². The van der Waals surface area contributed by atoms with Crippen molar-refractivity contribution in [2.45, 2.75) is 25.4 Å². The SMILES string of the molecule is CSCC[C@@H](NC(=O)c1ccccc1)C(=O)N[C@H](C)c1ccc2c(c1)OCCO2. The number of hydrogen-bond donors (Lipinski definition) is 2. The lowest BCUT2D eigenvalue weighted by Crippen LogP contribution is -2.47. The maximum absolute atomic E-state index is 12.9. The molecular weight excluding hydrogens is 388 g/mol. The molecule has 2 amide bonds. The summed E-state index contributed by atoms with van der Waals surface area (Å²) in [6.07, 6.45) is 2.53. The van der Waals surface area contributed by atoms with E-state index < -0.39 is 6.04 Å². The van der Waals surface area contributed by atoms with E-state index in [2.05, 4.69) is 10.6 Å². The first kappa shape index (κ1) is 21.0. The summed E-state index contributed by atoms with van der Waals surface area (Å²) in [6.45, 7) is 2.96. The predicted molar refractivity (Wildman–Crippen MR) is 115 cm³/mol. The van der Waals surface area contributed by atoms with Gasteiger partial charge in [-0.05, 0) is 55.2 Å². The number of fused-ring (bicyclic) bond motifs is 1. The van der Waals surface area contributed by atoms with Gasteiger partial charge >= 0.3 is 0 Å². The third-order valence-electron chi connectivity index (χ3n) is 4.69. The van der Waals surface area contributed by atoms with Crippen LogP contribution in [0.15, 0.2) is 48.5 Å². The summed E-state index contributed by atoms with van der Waals surface area (Å²) in [6, 6.07) is 13.7. The van der Waals surface area contributed by atoms with Crippen LogP contribution in [0.25, 0.3) is 0 Å². The van der Waals surface area contributed by atoms with Gasteiger partial charge in [-0.25, -0.2) is 0 Å². The van der Waals surface area contributed by atoms with Gasteiger partial charge in [0.15, 0.2) is 11.5 Å². The minimum atomic E-state index is -0.602. The molecule has 3 rings (SSSR count). The normalized spacial score (nSPS) is 14.6. The zero-order chi connectivity index (χ0) is 20.6. The molecule has 0 radical (unpaired) electrons. The second kappa shape index (κ2) is 10.2. The van der Waals surface area contributed by atoms with Crippen LogP contribution in [-0.2, 0) is 4.79 Å². The molecule has 1 aliphatic rings. The summed E-state index contributed by atoms with van der Waals surface area (Å²) in [5.74, 6) is 1.72.